The van der Waals surface area contributed by atoms with Crippen LogP contribution in [0.15, 0.2) is 16.3 Å². The lowest BCUT2D eigenvalue weighted by molar-refractivity contribution is -0.363. The topological polar surface area (TPSA) is 25.0 Å². The highest BCUT2D eigenvalue weighted by Crippen LogP contribution is 2.45. The number of rotatable bonds is 1. The van der Waals surface area contributed by atoms with Crippen molar-refractivity contribution in [3.8, 4) is 0 Å². The lowest BCUT2D eigenvalue weighted by Crippen LogP contribution is -2.51. The van der Waals surface area contributed by atoms with Gasteiger partial charge in [0.15, 0.2) is 17.7 Å². The summed E-state index contributed by atoms with van der Waals surface area (Å²) in [5.74, 6) is 0. The van der Waals surface area contributed by atoms with E-state index in [-0.39, 0.29) is 38.4 Å². The summed E-state index contributed by atoms with van der Waals surface area (Å²) in [4.78, 5) is 11.7. The normalized spacial score (nSPS) is 19.8. The van der Waals surface area contributed by atoms with E-state index in [1.54, 1.807) is 13.8 Å². The van der Waals surface area contributed by atoms with Crippen molar-refractivity contribution in [3.63, 3.8) is 0 Å². The second-order valence-corrected chi connectivity index (χ2v) is 6.36. The highest BCUT2D eigenvalue weighted by atomic mass is 35.5. The molecule has 1 aromatic rings. The van der Waals surface area contributed by atoms with Crippen LogP contribution >= 0.6 is 23.2 Å². The fourth-order valence-corrected chi connectivity index (χ4v) is 3.80. The van der Waals surface area contributed by atoms with Crippen molar-refractivity contribution in [2.24, 2.45) is 0 Å². The average molecular weight is 345 g/mol. The third kappa shape index (κ3) is 1.57. The van der Waals surface area contributed by atoms with Crippen LogP contribution in [0.25, 0.3) is 5.57 Å². The summed E-state index contributed by atoms with van der Waals surface area (Å²) in [7, 11) is 0. The molecule has 0 saturated heterocycles. The molecule has 3 rings (SSSR count). The van der Waals surface area contributed by atoms with Crippen molar-refractivity contribution in [1.29, 1.82) is 0 Å². The number of carbonyl (C=O) groups excluding carboxylic acids is 1. The second-order valence-electron chi connectivity index (χ2n) is 5.61. The summed E-state index contributed by atoms with van der Waals surface area (Å²) in [6.45, 7) is 2.16. The zero-order valence-corrected chi connectivity index (χ0v) is 14.0. The lowest BCUT2D eigenvalue weighted by Gasteiger charge is -2.32. The third-order valence-electron chi connectivity index (χ3n) is 4.46. The van der Waals surface area contributed by atoms with E-state index in [0.717, 1.165) is 8.96 Å². The first-order valence-corrected chi connectivity index (χ1v) is 7.51. The Morgan fingerprint density at radius 3 is 2.32 bits per heavy atom. The fraction of sp³-hybridized carbons (Fsp3) is 0.286. The first-order valence-electron chi connectivity index (χ1n) is 6.75. The number of aromatic nitrogens is 1. The number of carbonyl (C=O) groups is 1. The van der Waals surface area contributed by atoms with E-state index in [0.29, 0.717) is 17.4 Å². The molecule has 0 fully saturated rings. The van der Waals surface area contributed by atoms with Crippen molar-refractivity contribution in [1.82, 2.24) is 4.48 Å². The Balaban J connectivity index is 2.56. The van der Waals surface area contributed by atoms with Gasteiger partial charge in [0.2, 0.25) is 0 Å². The lowest BCUT2D eigenvalue weighted by atomic mass is 9.86. The van der Waals surface area contributed by atoms with Gasteiger partial charge in [-0.3, -0.25) is 4.79 Å². The van der Waals surface area contributed by atoms with Gasteiger partial charge in [-0.1, -0.05) is 23.2 Å². The van der Waals surface area contributed by atoms with E-state index in [1.807, 2.05) is 0 Å². The summed E-state index contributed by atoms with van der Waals surface area (Å²) in [6, 6.07) is 0. The Kier molecular flexibility index (Phi) is 3.21. The van der Waals surface area contributed by atoms with Gasteiger partial charge in [0.05, 0.1) is 5.02 Å². The van der Waals surface area contributed by atoms with Gasteiger partial charge in [-0.15, -0.1) is 0 Å². The highest BCUT2D eigenvalue weighted by molar-refractivity contribution is 6.60. The van der Waals surface area contributed by atoms with Crippen molar-refractivity contribution in [3.05, 3.63) is 38.3 Å². The molecule has 0 bridgehead atoms. The number of nitrogens with zero attached hydrogens (tertiary/aromatic N) is 2. The van der Waals surface area contributed by atoms with Gasteiger partial charge in [0.25, 0.3) is 0 Å². The smallest absolute Gasteiger partial charge is 0.392 e. The summed E-state index contributed by atoms with van der Waals surface area (Å²) >= 11 is 12.3. The Hall–Kier alpha value is -1.40. The number of hydrogen-bond acceptors (Lipinski definition) is 1. The molecule has 2 aliphatic rings. The predicted molar refractivity (Wildman–Crippen MR) is 84.8 cm³/mol. The van der Waals surface area contributed by atoms with Crippen LogP contribution in [-0.2, 0) is 4.79 Å². The standard InChI is InChI=1S/C14H13BCl2F2N2O/c1-6-11(16)8(3)20-13(6)10(5-22)14-7(2)12(17)9(4)21(14)15(20,18)19/h5H,1-4H3. The number of allylic oxidation sites excluding steroid dienone is 3. The van der Waals surface area contributed by atoms with Crippen LogP contribution in [0.4, 0.5) is 8.63 Å². The van der Waals surface area contributed by atoms with Crippen LogP contribution in [0.2, 0.25) is 5.02 Å². The molecular weight excluding hydrogens is 332 g/mol. The molecule has 0 spiro atoms. The van der Waals surface area contributed by atoms with Gasteiger partial charge in [0.1, 0.15) is 10.6 Å². The minimum absolute atomic E-state index is 0.173. The van der Waals surface area contributed by atoms with Crippen molar-refractivity contribution in [2.75, 3.05) is 0 Å². The van der Waals surface area contributed by atoms with Crippen molar-refractivity contribution >= 4 is 47.7 Å². The maximum absolute atomic E-state index is 15.1. The van der Waals surface area contributed by atoms with Crippen LogP contribution < -0.4 is 0 Å². The zero-order valence-electron chi connectivity index (χ0n) is 12.5. The Bertz CT molecular complexity index is 850. The molecule has 0 unspecified atom stereocenters. The number of fused-ring (bicyclic) bond motifs is 2. The fourth-order valence-electron chi connectivity index (χ4n) is 3.44. The number of halogens is 4. The SMILES string of the molecule is CC1=C(Cl)C(C)=[N+]2C1=C(C=O)c1c(C)c(Cl)c(C)n1[B-]2(F)F. The molecule has 0 amide bonds. The van der Waals surface area contributed by atoms with E-state index >= 15 is 8.63 Å². The summed E-state index contributed by atoms with van der Waals surface area (Å²) in [6.07, 6.45) is 0.592. The first-order chi connectivity index (χ1) is 10.2. The molecule has 2 aliphatic heterocycles. The zero-order chi connectivity index (χ0) is 16.6. The minimum Gasteiger partial charge on any atom is -0.392 e. The van der Waals surface area contributed by atoms with Gasteiger partial charge in [0, 0.05) is 23.9 Å². The third-order valence-corrected chi connectivity index (χ3v) is 5.57. The van der Waals surface area contributed by atoms with E-state index < -0.39 is 6.97 Å². The molecule has 0 aromatic carbocycles. The van der Waals surface area contributed by atoms with Crippen LogP contribution in [-0.4, -0.2) is 27.9 Å². The van der Waals surface area contributed by atoms with Crippen molar-refractivity contribution < 1.29 is 17.9 Å². The molecule has 0 saturated carbocycles. The molecule has 22 heavy (non-hydrogen) atoms. The Morgan fingerprint density at radius 2 is 1.77 bits per heavy atom. The molecule has 116 valence electrons. The monoisotopic (exact) mass is 344 g/mol. The summed E-state index contributed by atoms with van der Waals surface area (Å²) < 4.78 is 32.0. The number of hydrogen-bond donors (Lipinski definition) is 0. The van der Waals surface area contributed by atoms with E-state index in [1.165, 1.54) is 13.8 Å². The maximum atomic E-state index is 15.1. The van der Waals surface area contributed by atoms with Gasteiger partial charge in [-0.25, -0.2) is 0 Å². The molecule has 3 heterocycles. The first kappa shape index (κ1) is 15.5. The largest absolute Gasteiger partial charge is 0.737 e. The van der Waals surface area contributed by atoms with E-state index in [2.05, 4.69) is 0 Å². The molecular formula is C14H13BCl2F2N2O. The average Bonchev–Trinajstić information content (AvgIpc) is 2.82. The van der Waals surface area contributed by atoms with E-state index in [9.17, 15) is 4.79 Å². The summed E-state index contributed by atoms with van der Waals surface area (Å²) in [5.41, 5.74) is 1.97. The predicted octanol–water partition coefficient (Wildman–Crippen LogP) is 3.90. The Morgan fingerprint density at radius 1 is 1.18 bits per heavy atom. The van der Waals surface area contributed by atoms with Crippen LogP contribution in [0.5, 0.6) is 0 Å². The molecule has 1 aromatic heterocycles. The molecule has 8 heteroatoms. The molecule has 0 N–H and O–H groups in total. The molecule has 0 atom stereocenters. The van der Waals surface area contributed by atoms with Crippen LogP contribution in [0.3, 0.4) is 0 Å². The minimum atomic E-state index is -4.17. The quantitative estimate of drug-likeness (QED) is 0.560. The van der Waals surface area contributed by atoms with Crippen molar-refractivity contribution in [2.45, 2.75) is 27.7 Å². The van der Waals surface area contributed by atoms with Crippen LogP contribution in [0.1, 0.15) is 30.8 Å². The molecule has 3 nitrogen and oxygen atoms in total. The Labute approximate surface area is 136 Å². The highest BCUT2D eigenvalue weighted by Gasteiger charge is 2.56. The van der Waals surface area contributed by atoms with Gasteiger partial charge < -0.3 is 17.6 Å². The van der Waals surface area contributed by atoms with Gasteiger partial charge >= 0.3 is 6.97 Å². The number of aldehydes is 1. The van der Waals surface area contributed by atoms with Gasteiger partial charge in [-0.05, 0) is 26.3 Å². The van der Waals surface area contributed by atoms with Gasteiger partial charge in [-0.2, -0.15) is 0 Å². The van der Waals surface area contributed by atoms with E-state index in [4.69, 9.17) is 23.2 Å². The second kappa shape index (κ2) is 4.55. The molecule has 0 radical (unpaired) electrons. The maximum Gasteiger partial charge on any atom is 0.737 e. The summed E-state index contributed by atoms with van der Waals surface area (Å²) in [5, 5.41) is 0.506. The molecule has 0 aliphatic carbocycles. The van der Waals surface area contributed by atoms with Crippen LogP contribution in [0, 0.1) is 13.8 Å².